The van der Waals surface area contributed by atoms with Crippen molar-refractivity contribution in [2.75, 3.05) is 12.4 Å². The number of aromatic nitrogens is 3. The van der Waals surface area contributed by atoms with Crippen LogP contribution in [-0.2, 0) is 4.79 Å². The van der Waals surface area contributed by atoms with E-state index in [1.807, 2.05) is 36.6 Å². The molecule has 1 fully saturated rings. The minimum atomic E-state index is -0.426. The monoisotopic (exact) mass is 426 g/mol. The number of amides is 1. The van der Waals surface area contributed by atoms with Crippen LogP contribution in [0.3, 0.4) is 0 Å². The number of aryl methyl sites for hydroxylation is 1. The van der Waals surface area contributed by atoms with Gasteiger partial charge < -0.3 is 10.1 Å². The molecule has 1 aliphatic carbocycles. The van der Waals surface area contributed by atoms with Crippen LogP contribution in [0, 0.1) is 12.7 Å². The van der Waals surface area contributed by atoms with Crippen LogP contribution >= 0.6 is 11.8 Å². The fourth-order valence-electron chi connectivity index (χ4n) is 3.21. The van der Waals surface area contributed by atoms with E-state index >= 15 is 0 Å². The fourth-order valence-corrected chi connectivity index (χ4v) is 4.13. The van der Waals surface area contributed by atoms with Crippen molar-refractivity contribution in [2.24, 2.45) is 0 Å². The van der Waals surface area contributed by atoms with E-state index in [-0.39, 0.29) is 17.8 Å². The second-order valence-electron chi connectivity index (χ2n) is 7.34. The van der Waals surface area contributed by atoms with Crippen molar-refractivity contribution in [3.05, 3.63) is 53.8 Å². The van der Waals surface area contributed by atoms with Crippen LogP contribution in [0.25, 0.3) is 11.4 Å². The molecule has 6 nitrogen and oxygen atoms in total. The second-order valence-corrected chi connectivity index (χ2v) is 8.65. The van der Waals surface area contributed by atoms with Gasteiger partial charge in [-0.1, -0.05) is 30.0 Å². The highest BCUT2D eigenvalue weighted by Gasteiger charge is 2.32. The third-order valence-corrected chi connectivity index (χ3v) is 6.01. The lowest BCUT2D eigenvalue weighted by Gasteiger charge is -2.15. The number of methoxy groups -OCH3 is 1. The van der Waals surface area contributed by atoms with Crippen molar-refractivity contribution in [2.45, 2.75) is 43.1 Å². The number of halogens is 1. The van der Waals surface area contributed by atoms with Crippen LogP contribution in [0.5, 0.6) is 5.75 Å². The Morgan fingerprint density at radius 2 is 2.03 bits per heavy atom. The van der Waals surface area contributed by atoms with Gasteiger partial charge in [0, 0.05) is 6.04 Å². The van der Waals surface area contributed by atoms with Gasteiger partial charge in [0.15, 0.2) is 11.0 Å². The molecule has 1 amide bonds. The number of carbonyl (C=O) groups excluding carboxylic acids is 1. The van der Waals surface area contributed by atoms with Crippen molar-refractivity contribution in [3.8, 4) is 17.1 Å². The van der Waals surface area contributed by atoms with Crippen LogP contribution in [0.15, 0.2) is 47.6 Å². The Morgan fingerprint density at radius 1 is 1.27 bits per heavy atom. The third-order valence-electron chi connectivity index (χ3n) is 4.96. The number of carbonyl (C=O) groups is 1. The summed E-state index contributed by atoms with van der Waals surface area (Å²) in [5.41, 5.74) is 2.07. The van der Waals surface area contributed by atoms with E-state index in [4.69, 9.17) is 4.74 Å². The highest BCUT2D eigenvalue weighted by Crippen LogP contribution is 2.42. The molecule has 1 aromatic heterocycles. The van der Waals surface area contributed by atoms with Gasteiger partial charge in [0.25, 0.3) is 0 Å². The minimum Gasteiger partial charge on any atom is -0.495 e. The van der Waals surface area contributed by atoms with Crippen LogP contribution in [0.1, 0.15) is 31.4 Å². The van der Waals surface area contributed by atoms with Crippen LogP contribution in [0.2, 0.25) is 0 Å². The summed E-state index contributed by atoms with van der Waals surface area (Å²) >= 11 is 1.32. The molecule has 1 heterocycles. The molecule has 156 valence electrons. The predicted molar refractivity (Wildman–Crippen MR) is 115 cm³/mol. The molecule has 8 heteroatoms. The Balaban J connectivity index is 1.55. The van der Waals surface area contributed by atoms with Gasteiger partial charge in [-0.25, -0.2) is 4.39 Å². The topological polar surface area (TPSA) is 69.0 Å². The smallest absolute Gasteiger partial charge is 0.237 e. The zero-order valence-corrected chi connectivity index (χ0v) is 17.9. The lowest BCUT2D eigenvalue weighted by molar-refractivity contribution is -0.115. The van der Waals surface area contributed by atoms with Crippen molar-refractivity contribution in [1.82, 2.24) is 14.8 Å². The standard InChI is InChI=1S/C22H23FN4O2S/c1-13-8-11-19(29-3)18(12-13)24-21(28)14(2)30-22-26-25-20(27(22)15-9-10-15)16-6-4-5-7-17(16)23/h4-8,11-12,14-15H,9-10H2,1-3H3,(H,24,28). The van der Waals surface area contributed by atoms with E-state index in [2.05, 4.69) is 15.5 Å². The molecule has 2 aromatic carbocycles. The maximum Gasteiger partial charge on any atom is 0.237 e. The molecule has 4 rings (SSSR count). The number of nitrogens with zero attached hydrogens (tertiary/aromatic N) is 3. The SMILES string of the molecule is COc1ccc(C)cc1NC(=O)C(C)Sc1nnc(-c2ccccc2F)n1C1CC1. The van der Waals surface area contributed by atoms with Gasteiger partial charge in [0.2, 0.25) is 5.91 Å². The Morgan fingerprint density at radius 3 is 2.73 bits per heavy atom. The number of anilines is 1. The average Bonchev–Trinajstić information content (AvgIpc) is 3.49. The summed E-state index contributed by atoms with van der Waals surface area (Å²) in [6.07, 6.45) is 1.99. The number of rotatable bonds is 7. The predicted octanol–water partition coefficient (Wildman–Crippen LogP) is 4.86. The molecule has 1 saturated carbocycles. The molecule has 0 bridgehead atoms. The Kier molecular flexibility index (Phi) is 5.76. The van der Waals surface area contributed by atoms with Gasteiger partial charge in [0.05, 0.1) is 23.6 Å². The molecular weight excluding hydrogens is 403 g/mol. The summed E-state index contributed by atoms with van der Waals surface area (Å²) in [6, 6.07) is 12.4. The molecule has 1 aliphatic rings. The number of nitrogens with one attached hydrogen (secondary N) is 1. The molecule has 0 aliphatic heterocycles. The zero-order chi connectivity index (χ0) is 21.3. The molecule has 0 radical (unpaired) electrons. The largest absolute Gasteiger partial charge is 0.495 e. The molecule has 0 saturated heterocycles. The quantitative estimate of drug-likeness (QED) is 0.547. The van der Waals surface area contributed by atoms with Gasteiger partial charge in [-0.3, -0.25) is 9.36 Å². The molecule has 1 atom stereocenters. The van der Waals surface area contributed by atoms with E-state index in [1.165, 1.54) is 17.8 Å². The van der Waals surface area contributed by atoms with Crippen molar-refractivity contribution in [1.29, 1.82) is 0 Å². The van der Waals surface area contributed by atoms with Gasteiger partial charge in [-0.05, 0) is 56.5 Å². The molecule has 3 aromatic rings. The number of ether oxygens (including phenoxy) is 1. The Hall–Kier alpha value is -2.87. The van der Waals surface area contributed by atoms with E-state index < -0.39 is 5.25 Å². The first kappa shape index (κ1) is 20.4. The first-order valence-electron chi connectivity index (χ1n) is 9.80. The molecule has 1 unspecified atom stereocenters. The van der Waals surface area contributed by atoms with Crippen LogP contribution in [0.4, 0.5) is 10.1 Å². The van der Waals surface area contributed by atoms with Crippen LogP contribution in [-0.4, -0.2) is 33.0 Å². The summed E-state index contributed by atoms with van der Waals surface area (Å²) in [5, 5.41) is 11.6. The first-order chi connectivity index (χ1) is 14.5. The van der Waals surface area contributed by atoms with E-state index in [1.54, 1.807) is 25.3 Å². The normalized spacial score (nSPS) is 14.4. The molecule has 0 spiro atoms. The van der Waals surface area contributed by atoms with Crippen molar-refractivity contribution in [3.63, 3.8) is 0 Å². The molecule has 1 N–H and O–H groups in total. The van der Waals surface area contributed by atoms with Gasteiger partial charge >= 0.3 is 0 Å². The summed E-state index contributed by atoms with van der Waals surface area (Å²) in [5.74, 6) is 0.613. The van der Waals surface area contributed by atoms with Gasteiger partial charge in [-0.15, -0.1) is 10.2 Å². The highest BCUT2D eigenvalue weighted by molar-refractivity contribution is 8.00. The minimum absolute atomic E-state index is 0.165. The van der Waals surface area contributed by atoms with Crippen molar-refractivity contribution < 1.29 is 13.9 Å². The first-order valence-corrected chi connectivity index (χ1v) is 10.7. The molecule has 30 heavy (non-hydrogen) atoms. The van der Waals surface area contributed by atoms with Crippen LogP contribution < -0.4 is 10.1 Å². The zero-order valence-electron chi connectivity index (χ0n) is 17.1. The number of benzene rings is 2. The highest BCUT2D eigenvalue weighted by atomic mass is 32.2. The maximum absolute atomic E-state index is 14.3. The summed E-state index contributed by atoms with van der Waals surface area (Å²) in [7, 11) is 1.57. The third kappa shape index (κ3) is 4.18. The van der Waals surface area contributed by atoms with E-state index in [0.717, 1.165) is 18.4 Å². The molecular formula is C22H23FN4O2S. The van der Waals surface area contributed by atoms with Crippen molar-refractivity contribution >= 4 is 23.4 Å². The number of thioether (sulfide) groups is 1. The second kappa shape index (κ2) is 8.47. The maximum atomic E-state index is 14.3. The van der Waals surface area contributed by atoms with E-state index in [0.29, 0.717) is 28.0 Å². The van der Waals surface area contributed by atoms with E-state index in [9.17, 15) is 9.18 Å². The lowest BCUT2D eigenvalue weighted by Crippen LogP contribution is -2.23. The summed E-state index contributed by atoms with van der Waals surface area (Å²) in [4.78, 5) is 12.8. The van der Waals surface area contributed by atoms with Gasteiger partial charge in [0.1, 0.15) is 11.6 Å². The summed E-state index contributed by atoms with van der Waals surface area (Å²) in [6.45, 7) is 3.77. The number of hydrogen-bond acceptors (Lipinski definition) is 5. The summed E-state index contributed by atoms with van der Waals surface area (Å²) < 4.78 is 21.6. The average molecular weight is 427 g/mol. The lowest BCUT2D eigenvalue weighted by atomic mass is 10.2. The Labute approximate surface area is 178 Å². The fraction of sp³-hybridized carbons (Fsp3) is 0.318. The number of hydrogen-bond donors (Lipinski definition) is 1. The van der Waals surface area contributed by atoms with Gasteiger partial charge in [-0.2, -0.15) is 0 Å². The Bertz CT molecular complexity index is 1080.